The molecule has 1 aliphatic heterocycles. The first-order valence-electron chi connectivity index (χ1n) is 9.86. The third-order valence-electron chi connectivity index (χ3n) is 5.14. The molecule has 2 aromatic carbocycles. The summed E-state index contributed by atoms with van der Waals surface area (Å²) in [7, 11) is 0. The highest BCUT2D eigenvalue weighted by Gasteiger charge is 2.28. The smallest absolute Gasteiger partial charge is 0.314 e. The van der Waals surface area contributed by atoms with E-state index in [9.17, 15) is 14.4 Å². The van der Waals surface area contributed by atoms with Crippen LogP contribution in [-0.4, -0.2) is 31.1 Å². The van der Waals surface area contributed by atoms with Crippen LogP contribution in [0.4, 0.5) is 5.69 Å². The lowest BCUT2D eigenvalue weighted by Crippen LogP contribution is -2.27. The summed E-state index contributed by atoms with van der Waals surface area (Å²) in [4.78, 5) is 37.1. The van der Waals surface area contributed by atoms with Crippen LogP contribution in [0.5, 0.6) is 11.5 Å². The number of nitrogens with one attached hydrogen (secondary N) is 1. The minimum atomic E-state index is -0.541. The first-order valence-corrected chi connectivity index (χ1v) is 9.86. The molecule has 0 aromatic heterocycles. The molecule has 7 heteroatoms. The molecule has 0 unspecified atom stereocenters. The van der Waals surface area contributed by atoms with Gasteiger partial charge in [-0.25, -0.2) is 0 Å². The molecule has 158 valence electrons. The lowest BCUT2D eigenvalue weighted by molar-refractivity contribution is -0.150. The number of carbonyl (C=O) groups is 3. The Kier molecular flexibility index (Phi) is 6.72. The SMILES string of the molecule is CC[C@H](C)[C@@H](C(=O)OCC(=O)Nc1cc2c(cc1C(C)=O)OCO2)c1ccccc1. The fourth-order valence-electron chi connectivity index (χ4n) is 3.34. The van der Waals surface area contributed by atoms with Gasteiger partial charge in [0.15, 0.2) is 23.9 Å². The second-order valence-corrected chi connectivity index (χ2v) is 7.24. The number of ketones is 1. The maximum atomic E-state index is 12.7. The number of anilines is 1. The van der Waals surface area contributed by atoms with E-state index in [2.05, 4.69) is 5.32 Å². The second kappa shape index (κ2) is 9.43. The standard InChI is InChI=1S/C23H25NO6/c1-4-14(2)22(16-8-6-5-7-9-16)23(27)28-12-21(26)24-18-11-20-19(29-13-30-20)10-17(18)15(3)25/h5-11,14,22H,4,12-13H2,1-3H3,(H,24,26)/t14-,22+/m0/s1. The van der Waals surface area contributed by atoms with Crippen molar-refractivity contribution in [2.24, 2.45) is 5.92 Å². The average Bonchev–Trinajstić information content (AvgIpc) is 3.19. The summed E-state index contributed by atoms with van der Waals surface area (Å²) in [5.41, 5.74) is 1.43. The van der Waals surface area contributed by atoms with E-state index < -0.39 is 24.4 Å². The molecule has 2 atom stereocenters. The van der Waals surface area contributed by atoms with Crippen molar-refractivity contribution in [1.29, 1.82) is 0 Å². The van der Waals surface area contributed by atoms with Gasteiger partial charge in [-0.2, -0.15) is 0 Å². The lowest BCUT2D eigenvalue weighted by atomic mass is 9.86. The molecule has 0 bridgehead atoms. The highest BCUT2D eigenvalue weighted by Crippen LogP contribution is 2.37. The summed E-state index contributed by atoms with van der Waals surface area (Å²) in [6.07, 6.45) is 0.792. The number of esters is 1. The van der Waals surface area contributed by atoms with Crippen LogP contribution in [0.15, 0.2) is 42.5 Å². The van der Waals surface area contributed by atoms with Gasteiger partial charge in [0.2, 0.25) is 6.79 Å². The van der Waals surface area contributed by atoms with E-state index in [0.29, 0.717) is 17.1 Å². The summed E-state index contributed by atoms with van der Waals surface area (Å²) in [6, 6.07) is 12.4. The van der Waals surface area contributed by atoms with Gasteiger partial charge in [0.05, 0.1) is 11.6 Å². The van der Waals surface area contributed by atoms with E-state index in [1.807, 2.05) is 44.2 Å². The molecule has 1 heterocycles. The minimum Gasteiger partial charge on any atom is -0.455 e. The van der Waals surface area contributed by atoms with Crippen molar-refractivity contribution < 1.29 is 28.6 Å². The molecule has 1 N–H and O–H groups in total. The molecular formula is C23H25NO6. The van der Waals surface area contributed by atoms with Crippen LogP contribution < -0.4 is 14.8 Å². The summed E-state index contributed by atoms with van der Waals surface area (Å²) in [5, 5.41) is 2.63. The van der Waals surface area contributed by atoms with E-state index in [1.165, 1.54) is 19.1 Å². The topological polar surface area (TPSA) is 90.9 Å². The predicted molar refractivity (Wildman–Crippen MR) is 111 cm³/mol. The Hall–Kier alpha value is -3.35. The van der Waals surface area contributed by atoms with Gasteiger partial charge in [0.25, 0.3) is 5.91 Å². The molecule has 0 radical (unpaired) electrons. The number of rotatable bonds is 8. The Bertz CT molecular complexity index is 940. The normalized spacial score (nSPS) is 14.0. The van der Waals surface area contributed by atoms with Crippen LogP contribution in [0.3, 0.4) is 0 Å². The largest absolute Gasteiger partial charge is 0.455 e. The zero-order chi connectivity index (χ0) is 21.7. The molecule has 7 nitrogen and oxygen atoms in total. The Morgan fingerprint density at radius 2 is 1.77 bits per heavy atom. The highest BCUT2D eigenvalue weighted by atomic mass is 16.7. The molecule has 0 aliphatic carbocycles. The first-order chi connectivity index (χ1) is 14.4. The number of Topliss-reactive ketones (excluding diaryl/α,β-unsaturated/α-hetero) is 1. The predicted octanol–water partition coefficient (Wildman–Crippen LogP) is 3.93. The third-order valence-corrected chi connectivity index (χ3v) is 5.14. The van der Waals surface area contributed by atoms with Crippen LogP contribution in [-0.2, 0) is 14.3 Å². The van der Waals surface area contributed by atoms with Crippen molar-refractivity contribution in [3.05, 3.63) is 53.6 Å². The zero-order valence-corrected chi connectivity index (χ0v) is 17.3. The number of ether oxygens (including phenoxy) is 3. The lowest BCUT2D eigenvalue weighted by Gasteiger charge is -2.21. The number of benzene rings is 2. The summed E-state index contributed by atoms with van der Waals surface area (Å²) >= 11 is 0. The third kappa shape index (κ3) is 4.79. The maximum absolute atomic E-state index is 12.7. The van der Waals surface area contributed by atoms with Crippen molar-refractivity contribution in [2.45, 2.75) is 33.1 Å². The summed E-state index contributed by atoms with van der Waals surface area (Å²) < 4.78 is 15.9. The number of amides is 1. The van der Waals surface area contributed by atoms with Crippen molar-refractivity contribution in [3.8, 4) is 11.5 Å². The van der Waals surface area contributed by atoms with Crippen molar-refractivity contribution in [2.75, 3.05) is 18.7 Å². The van der Waals surface area contributed by atoms with Crippen LogP contribution in [0.25, 0.3) is 0 Å². The molecule has 0 fully saturated rings. The molecule has 3 rings (SSSR count). The Morgan fingerprint density at radius 1 is 1.10 bits per heavy atom. The van der Waals surface area contributed by atoms with Crippen LogP contribution in [0.1, 0.15) is 49.0 Å². The molecule has 1 aliphatic rings. The van der Waals surface area contributed by atoms with E-state index in [-0.39, 0.29) is 24.2 Å². The molecule has 2 aromatic rings. The molecule has 0 saturated heterocycles. The van der Waals surface area contributed by atoms with Gasteiger partial charge < -0.3 is 19.5 Å². The molecule has 30 heavy (non-hydrogen) atoms. The van der Waals surface area contributed by atoms with Gasteiger partial charge in [-0.05, 0) is 24.5 Å². The minimum absolute atomic E-state index is 0.0537. The van der Waals surface area contributed by atoms with Crippen LogP contribution in [0, 0.1) is 5.92 Å². The zero-order valence-electron chi connectivity index (χ0n) is 17.3. The van der Waals surface area contributed by atoms with Crippen LogP contribution >= 0.6 is 0 Å². The number of hydrogen-bond donors (Lipinski definition) is 1. The Labute approximate surface area is 175 Å². The Balaban J connectivity index is 1.68. The van der Waals surface area contributed by atoms with Gasteiger partial charge in [-0.3, -0.25) is 14.4 Å². The average molecular weight is 411 g/mol. The van der Waals surface area contributed by atoms with Gasteiger partial charge in [0.1, 0.15) is 0 Å². The van der Waals surface area contributed by atoms with Crippen molar-refractivity contribution >= 4 is 23.3 Å². The first kappa shape index (κ1) is 21.4. The monoisotopic (exact) mass is 411 g/mol. The highest BCUT2D eigenvalue weighted by molar-refractivity contribution is 6.05. The van der Waals surface area contributed by atoms with Crippen molar-refractivity contribution in [1.82, 2.24) is 0 Å². The van der Waals surface area contributed by atoms with Gasteiger partial charge >= 0.3 is 5.97 Å². The quantitative estimate of drug-likeness (QED) is 0.523. The van der Waals surface area contributed by atoms with Gasteiger partial charge in [-0.15, -0.1) is 0 Å². The molecule has 1 amide bonds. The summed E-state index contributed by atoms with van der Waals surface area (Å²) in [6.45, 7) is 4.97. The number of fused-ring (bicyclic) bond motifs is 1. The van der Waals surface area contributed by atoms with E-state index >= 15 is 0 Å². The van der Waals surface area contributed by atoms with E-state index in [0.717, 1.165) is 12.0 Å². The number of carbonyl (C=O) groups excluding carboxylic acids is 3. The number of hydrogen-bond acceptors (Lipinski definition) is 6. The fourth-order valence-corrected chi connectivity index (χ4v) is 3.34. The van der Waals surface area contributed by atoms with Crippen LogP contribution in [0.2, 0.25) is 0 Å². The van der Waals surface area contributed by atoms with Gasteiger partial charge in [0, 0.05) is 11.6 Å². The molecule has 0 saturated carbocycles. The Morgan fingerprint density at radius 3 is 2.40 bits per heavy atom. The summed E-state index contributed by atoms with van der Waals surface area (Å²) in [5.74, 6) is -0.745. The molecular weight excluding hydrogens is 386 g/mol. The van der Waals surface area contributed by atoms with E-state index in [4.69, 9.17) is 14.2 Å². The van der Waals surface area contributed by atoms with E-state index in [1.54, 1.807) is 0 Å². The molecule has 0 spiro atoms. The van der Waals surface area contributed by atoms with Gasteiger partial charge in [-0.1, -0.05) is 50.6 Å². The maximum Gasteiger partial charge on any atom is 0.314 e. The fraction of sp³-hybridized carbons (Fsp3) is 0.348. The van der Waals surface area contributed by atoms with Crippen molar-refractivity contribution in [3.63, 3.8) is 0 Å². The second-order valence-electron chi connectivity index (χ2n) is 7.24.